The lowest BCUT2D eigenvalue weighted by Crippen LogP contribution is -2.30. The van der Waals surface area contributed by atoms with Crippen LogP contribution in [-0.2, 0) is 5.41 Å². The van der Waals surface area contributed by atoms with E-state index in [-0.39, 0.29) is 11.4 Å². The summed E-state index contributed by atoms with van der Waals surface area (Å²) in [4.78, 5) is 13.5. The molecule has 3 aromatic rings. The van der Waals surface area contributed by atoms with Gasteiger partial charge in [-0.3, -0.25) is 0 Å². The van der Waals surface area contributed by atoms with Gasteiger partial charge < -0.3 is 10.5 Å². The van der Waals surface area contributed by atoms with Crippen molar-refractivity contribution in [2.45, 2.75) is 46.0 Å². The highest BCUT2D eigenvalue weighted by molar-refractivity contribution is 5.41. The molecule has 27 heavy (non-hydrogen) atoms. The summed E-state index contributed by atoms with van der Waals surface area (Å²) >= 11 is 0. The monoisotopic (exact) mass is 366 g/mol. The molecule has 0 saturated heterocycles. The first-order chi connectivity index (χ1) is 12.9. The van der Waals surface area contributed by atoms with Gasteiger partial charge in [0.15, 0.2) is 5.82 Å². The van der Waals surface area contributed by atoms with Crippen LogP contribution in [0.1, 0.15) is 49.6 Å². The molecule has 7 nitrogen and oxygen atoms in total. The van der Waals surface area contributed by atoms with Gasteiger partial charge in [0.1, 0.15) is 17.4 Å². The second-order valence-electron chi connectivity index (χ2n) is 6.64. The zero-order valence-corrected chi connectivity index (χ0v) is 16.5. The fourth-order valence-electron chi connectivity index (χ4n) is 3.62. The van der Waals surface area contributed by atoms with Gasteiger partial charge in [-0.1, -0.05) is 26.0 Å². The molecule has 0 aliphatic rings. The molecular formula is C20H26N6O. The highest BCUT2D eigenvalue weighted by Crippen LogP contribution is 2.39. The van der Waals surface area contributed by atoms with Crippen molar-refractivity contribution < 1.29 is 4.74 Å². The van der Waals surface area contributed by atoms with Gasteiger partial charge in [-0.2, -0.15) is 9.67 Å². The van der Waals surface area contributed by atoms with Crippen molar-refractivity contribution >= 4 is 5.95 Å². The Bertz CT molecular complexity index is 908. The minimum Gasteiger partial charge on any atom is -0.497 e. The van der Waals surface area contributed by atoms with Crippen LogP contribution < -0.4 is 10.5 Å². The molecule has 0 atom stereocenters. The highest BCUT2D eigenvalue weighted by Gasteiger charge is 2.37. The summed E-state index contributed by atoms with van der Waals surface area (Å²) in [5.41, 5.74) is 7.69. The summed E-state index contributed by atoms with van der Waals surface area (Å²) in [7, 11) is 1.67. The van der Waals surface area contributed by atoms with Crippen molar-refractivity contribution in [1.29, 1.82) is 0 Å². The lowest BCUT2D eigenvalue weighted by atomic mass is 9.75. The number of anilines is 1. The first-order valence-corrected chi connectivity index (χ1v) is 9.13. The Labute approximate surface area is 159 Å². The highest BCUT2D eigenvalue weighted by atomic mass is 16.5. The molecular weight excluding hydrogens is 340 g/mol. The molecule has 142 valence electrons. The molecule has 2 aromatic heterocycles. The minimum absolute atomic E-state index is 0.235. The Balaban J connectivity index is 2.22. The van der Waals surface area contributed by atoms with E-state index in [1.807, 2.05) is 32.0 Å². The van der Waals surface area contributed by atoms with Gasteiger partial charge in [0, 0.05) is 11.8 Å². The summed E-state index contributed by atoms with van der Waals surface area (Å²) in [6, 6.07) is 10.0. The molecule has 2 heterocycles. The molecule has 0 fully saturated rings. The van der Waals surface area contributed by atoms with E-state index in [0.29, 0.717) is 11.6 Å². The van der Waals surface area contributed by atoms with E-state index in [9.17, 15) is 0 Å². The molecule has 0 aliphatic carbocycles. The van der Waals surface area contributed by atoms with E-state index in [4.69, 9.17) is 10.5 Å². The number of aromatic nitrogens is 5. The number of ether oxygens (including phenoxy) is 1. The van der Waals surface area contributed by atoms with Gasteiger partial charge in [0.2, 0.25) is 5.95 Å². The SMILES string of the molecule is CCC(CC)(c1ccc(OC)cc1)c1nc(N)nn1-c1cc(C)nc(C)n1. The third kappa shape index (κ3) is 3.37. The van der Waals surface area contributed by atoms with Gasteiger partial charge in [0.25, 0.3) is 0 Å². The van der Waals surface area contributed by atoms with E-state index in [1.54, 1.807) is 11.8 Å². The Morgan fingerprint density at radius 1 is 1.04 bits per heavy atom. The third-order valence-corrected chi connectivity index (χ3v) is 5.07. The average molecular weight is 366 g/mol. The topological polar surface area (TPSA) is 91.7 Å². The maximum Gasteiger partial charge on any atom is 0.240 e. The summed E-state index contributed by atoms with van der Waals surface area (Å²) in [6.45, 7) is 8.11. The van der Waals surface area contributed by atoms with Crippen molar-refractivity contribution in [1.82, 2.24) is 24.7 Å². The lowest BCUT2D eigenvalue weighted by molar-refractivity contribution is 0.411. The number of aryl methyl sites for hydroxylation is 2. The van der Waals surface area contributed by atoms with Crippen LogP contribution in [0.3, 0.4) is 0 Å². The number of nitrogens with two attached hydrogens (primary N) is 1. The second-order valence-corrected chi connectivity index (χ2v) is 6.64. The van der Waals surface area contributed by atoms with Crippen LogP contribution in [0.4, 0.5) is 5.95 Å². The molecule has 0 radical (unpaired) electrons. The van der Waals surface area contributed by atoms with Crippen molar-refractivity contribution in [3.8, 4) is 11.6 Å². The number of hydrogen-bond donors (Lipinski definition) is 1. The van der Waals surface area contributed by atoms with Gasteiger partial charge in [-0.15, -0.1) is 5.10 Å². The largest absolute Gasteiger partial charge is 0.497 e. The number of nitrogens with zero attached hydrogens (tertiary/aromatic N) is 5. The van der Waals surface area contributed by atoms with Gasteiger partial charge in [-0.25, -0.2) is 9.97 Å². The predicted octanol–water partition coefficient (Wildman–Crippen LogP) is 3.37. The van der Waals surface area contributed by atoms with Crippen molar-refractivity contribution in [3.63, 3.8) is 0 Å². The molecule has 0 aliphatic heterocycles. The van der Waals surface area contributed by atoms with Crippen LogP contribution in [0.25, 0.3) is 5.82 Å². The van der Waals surface area contributed by atoms with Crippen LogP contribution in [0.5, 0.6) is 5.75 Å². The van der Waals surface area contributed by atoms with Crippen LogP contribution in [0.2, 0.25) is 0 Å². The molecule has 1 aromatic carbocycles. The average Bonchev–Trinajstić information content (AvgIpc) is 3.05. The molecule has 0 unspecified atom stereocenters. The fourth-order valence-corrected chi connectivity index (χ4v) is 3.62. The number of benzene rings is 1. The Kier molecular flexibility index (Phi) is 5.12. The predicted molar refractivity (Wildman–Crippen MR) is 105 cm³/mol. The molecule has 0 amide bonds. The number of methoxy groups -OCH3 is 1. The van der Waals surface area contributed by atoms with Gasteiger partial charge >= 0.3 is 0 Å². The van der Waals surface area contributed by atoms with Gasteiger partial charge in [0.05, 0.1) is 12.5 Å². The normalized spacial score (nSPS) is 11.6. The van der Waals surface area contributed by atoms with Crippen molar-refractivity contribution in [3.05, 3.63) is 53.2 Å². The molecule has 7 heteroatoms. The molecule has 0 spiro atoms. The van der Waals surface area contributed by atoms with E-state index < -0.39 is 0 Å². The number of nitrogen functional groups attached to an aromatic ring is 1. The van der Waals surface area contributed by atoms with E-state index in [0.717, 1.165) is 35.7 Å². The van der Waals surface area contributed by atoms with Crippen LogP contribution in [0.15, 0.2) is 30.3 Å². The van der Waals surface area contributed by atoms with Crippen molar-refractivity contribution in [2.24, 2.45) is 0 Å². The van der Waals surface area contributed by atoms with Crippen LogP contribution >= 0.6 is 0 Å². The molecule has 3 rings (SSSR count). The zero-order valence-electron chi connectivity index (χ0n) is 16.5. The summed E-state index contributed by atoms with van der Waals surface area (Å²) in [5.74, 6) is 3.21. The van der Waals surface area contributed by atoms with Gasteiger partial charge in [-0.05, 0) is 44.4 Å². The van der Waals surface area contributed by atoms with Crippen LogP contribution in [-0.4, -0.2) is 31.8 Å². The van der Waals surface area contributed by atoms with E-state index in [1.165, 1.54) is 0 Å². The third-order valence-electron chi connectivity index (χ3n) is 5.07. The van der Waals surface area contributed by atoms with Crippen LogP contribution in [0, 0.1) is 13.8 Å². The number of hydrogen-bond acceptors (Lipinski definition) is 6. The summed E-state index contributed by atoms with van der Waals surface area (Å²) in [5, 5.41) is 4.45. The van der Waals surface area contributed by atoms with E-state index in [2.05, 4.69) is 46.0 Å². The quantitative estimate of drug-likeness (QED) is 0.719. The Morgan fingerprint density at radius 2 is 1.70 bits per heavy atom. The molecule has 0 bridgehead atoms. The smallest absolute Gasteiger partial charge is 0.240 e. The Morgan fingerprint density at radius 3 is 2.26 bits per heavy atom. The van der Waals surface area contributed by atoms with Crippen molar-refractivity contribution in [2.75, 3.05) is 12.8 Å². The maximum atomic E-state index is 6.02. The van der Waals surface area contributed by atoms with E-state index >= 15 is 0 Å². The lowest BCUT2D eigenvalue weighted by Gasteiger charge is -2.31. The Hall–Kier alpha value is -2.96. The molecule has 2 N–H and O–H groups in total. The minimum atomic E-state index is -0.344. The maximum absolute atomic E-state index is 6.02. The number of rotatable bonds is 6. The summed E-state index contributed by atoms with van der Waals surface area (Å²) in [6.07, 6.45) is 1.69. The first kappa shape index (κ1) is 18.8. The fraction of sp³-hybridized carbons (Fsp3) is 0.400. The zero-order chi connectivity index (χ0) is 19.6. The standard InChI is InChI=1S/C20H26N6O/c1-6-20(7-2,15-8-10-16(27-5)11-9-15)18-24-19(21)25-26(18)17-12-13(3)22-14(4)23-17/h8-12H,6-7H2,1-5H3,(H2,21,25). The first-order valence-electron chi connectivity index (χ1n) is 9.13. The molecule has 0 saturated carbocycles. The second kappa shape index (κ2) is 7.34. The summed E-state index contributed by atoms with van der Waals surface area (Å²) < 4.78 is 7.07.